The quantitative estimate of drug-likeness (QED) is 0.177. The van der Waals surface area contributed by atoms with Crippen molar-refractivity contribution in [3.05, 3.63) is 152 Å². The van der Waals surface area contributed by atoms with E-state index in [9.17, 15) is 0 Å². The van der Waals surface area contributed by atoms with E-state index in [1.54, 1.807) is 0 Å². The minimum absolute atomic E-state index is 0.636. The standard InChI is InChI=1S/C47H25NO2/c1-2-7-33-26(6-1)12-13-27-18-23-41-45(42(27)33)48-47(50-41)31-17-15-28-24-30(16-14-29(28)25-31)32-19-20-36-37-21-22-38-34-8-3-4-11-40(34)49-46(38)44(37)39-10-5-9-35(32)43(36)39/h1-25H. The molecule has 0 atom stereocenters. The molecule has 0 unspecified atom stereocenters. The maximum absolute atomic E-state index is 6.50. The maximum atomic E-state index is 6.50. The van der Waals surface area contributed by atoms with Gasteiger partial charge in [-0.1, -0.05) is 115 Å². The van der Waals surface area contributed by atoms with Crippen LogP contribution in [-0.2, 0) is 0 Å². The minimum Gasteiger partial charge on any atom is -0.455 e. The lowest BCUT2D eigenvalue weighted by atomic mass is 9.93. The molecule has 0 spiro atoms. The highest BCUT2D eigenvalue weighted by Crippen LogP contribution is 2.53. The first-order valence-electron chi connectivity index (χ1n) is 17.0. The number of nitrogens with zero attached hydrogens (tertiary/aromatic N) is 1. The third-order valence-electron chi connectivity index (χ3n) is 10.8. The van der Waals surface area contributed by atoms with Crippen LogP contribution < -0.4 is 0 Å². The molecule has 11 aromatic rings. The molecular weight excluding hydrogens is 611 g/mol. The Kier molecular flexibility index (Phi) is 4.97. The summed E-state index contributed by atoms with van der Waals surface area (Å²) in [5, 5.41) is 11.9. The number of rotatable bonds is 2. The number of aromatic nitrogens is 1. The van der Waals surface area contributed by atoms with E-state index in [1.807, 2.05) is 12.1 Å². The van der Waals surface area contributed by atoms with Crippen LogP contribution in [0.15, 0.2) is 160 Å². The zero-order valence-electron chi connectivity index (χ0n) is 26.7. The zero-order valence-corrected chi connectivity index (χ0v) is 26.7. The number of benzene rings is 9. The van der Waals surface area contributed by atoms with Crippen molar-refractivity contribution in [2.45, 2.75) is 0 Å². The van der Waals surface area contributed by atoms with E-state index in [4.69, 9.17) is 13.8 Å². The summed E-state index contributed by atoms with van der Waals surface area (Å²) in [6.45, 7) is 0. The van der Waals surface area contributed by atoms with Crippen molar-refractivity contribution in [2.24, 2.45) is 0 Å². The van der Waals surface area contributed by atoms with Crippen LogP contribution in [-0.4, -0.2) is 4.98 Å². The molecule has 1 aliphatic rings. The highest BCUT2D eigenvalue weighted by molar-refractivity contribution is 6.25. The molecule has 50 heavy (non-hydrogen) atoms. The normalized spacial score (nSPS) is 12.4. The van der Waals surface area contributed by atoms with Gasteiger partial charge in [0.05, 0.1) is 0 Å². The number of hydrogen-bond acceptors (Lipinski definition) is 3. The van der Waals surface area contributed by atoms with Crippen LogP contribution >= 0.6 is 0 Å². The van der Waals surface area contributed by atoms with Crippen molar-refractivity contribution in [2.75, 3.05) is 0 Å². The highest BCUT2D eigenvalue weighted by atomic mass is 16.3. The molecule has 2 aromatic heterocycles. The average Bonchev–Trinajstić information content (AvgIpc) is 3.87. The first kappa shape index (κ1) is 26.3. The summed E-state index contributed by atoms with van der Waals surface area (Å²) in [6.07, 6.45) is 0. The summed E-state index contributed by atoms with van der Waals surface area (Å²) < 4.78 is 12.9. The molecule has 0 fully saturated rings. The van der Waals surface area contributed by atoms with Crippen LogP contribution in [0.25, 0.3) is 121 Å². The first-order chi connectivity index (χ1) is 24.8. The highest BCUT2D eigenvalue weighted by Gasteiger charge is 2.27. The Morgan fingerprint density at radius 2 is 1.10 bits per heavy atom. The second kappa shape index (κ2) is 9.46. The minimum atomic E-state index is 0.636. The smallest absolute Gasteiger partial charge is 0.227 e. The molecule has 0 N–H and O–H groups in total. The SMILES string of the molecule is c1ccc2c(c1)ccc1ccc3oc(-c4ccc5cc(-c6ccc7c8c(cccc68)-c6c-7ccc7c6oc6ccccc67)ccc5c4)nc3c12. The molecule has 9 aromatic carbocycles. The third-order valence-corrected chi connectivity index (χ3v) is 10.8. The lowest BCUT2D eigenvalue weighted by molar-refractivity contribution is 0.620. The molecule has 12 rings (SSSR count). The van der Waals surface area contributed by atoms with Crippen molar-refractivity contribution in [3.8, 4) is 44.8 Å². The van der Waals surface area contributed by atoms with Crippen molar-refractivity contribution in [1.82, 2.24) is 4.98 Å². The van der Waals surface area contributed by atoms with Gasteiger partial charge in [0.1, 0.15) is 16.7 Å². The summed E-state index contributed by atoms with van der Waals surface area (Å²) >= 11 is 0. The molecule has 0 radical (unpaired) electrons. The van der Waals surface area contributed by atoms with Crippen LogP contribution in [0, 0.1) is 0 Å². The topological polar surface area (TPSA) is 39.2 Å². The molecule has 0 saturated carbocycles. The summed E-state index contributed by atoms with van der Waals surface area (Å²) in [4.78, 5) is 5.06. The maximum Gasteiger partial charge on any atom is 0.227 e. The van der Waals surface area contributed by atoms with Crippen LogP contribution in [0.1, 0.15) is 0 Å². The molecule has 1 aliphatic carbocycles. The Labute approximate surface area is 285 Å². The second-order valence-corrected chi connectivity index (χ2v) is 13.4. The van der Waals surface area contributed by atoms with Gasteiger partial charge in [0, 0.05) is 27.3 Å². The van der Waals surface area contributed by atoms with Gasteiger partial charge in [0.2, 0.25) is 5.89 Å². The predicted molar refractivity (Wildman–Crippen MR) is 207 cm³/mol. The summed E-state index contributed by atoms with van der Waals surface area (Å²) in [7, 11) is 0. The first-order valence-corrected chi connectivity index (χ1v) is 17.0. The number of fused-ring (bicyclic) bond motifs is 13. The zero-order chi connectivity index (χ0) is 32.5. The number of para-hydroxylation sites is 1. The van der Waals surface area contributed by atoms with Crippen molar-refractivity contribution in [1.29, 1.82) is 0 Å². The Morgan fingerprint density at radius 1 is 0.380 bits per heavy atom. The van der Waals surface area contributed by atoms with E-state index in [1.165, 1.54) is 60.3 Å². The molecule has 0 aliphatic heterocycles. The fraction of sp³-hybridized carbons (Fsp3) is 0. The van der Waals surface area contributed by atoms with Gasteiger partial charge >= 0.3 is 0 Å². The number of furan rings is 1. The van der Waals surface area contributed by atoms with Gasteiger partial charge in [-0.3, -0.25) is 0 Å². The summed E-state index contributed by atoms with van der Waals surface area (Å²) in [5.74, 6) is 0.636. The third kappa shape index (κ3) is 3.45. The monoisotopic (exact) mass is 635 g/mol. The second-order valence-electron chi connectivity index (χ2n) is 13.4. The van der Waals surface area contributed by atoms with E-state index in [-0.39, 0.29) is 0 Å². The Bertz CT molecular complexity index is 3270. The molecule has 230 valence electrons. The van der Waals surface area contributed by atoms with Crippen LogP contribution in [0.5, 0.6) is 0 Å². The van der Waals surface area contributed by atoms with Crippen molar-refractivity contribution < 1.29 is 8.83 Å². The Hall–Kier alpha value is -6.71. The van der Waals surface area contributed by atoms with Gasteiger partial charge in [-0.15, -0.1) is 0 Å². The molecule has 0 amide bonds. The van der Waals surface area contributed by atoms with Crippen molar-refractivity contribution in [3.63, 3.8) is 0 Å². The van der Waals surface area contributed by atoms with Gasteiger partial charge in [0.25, 0.3) is 0 Å². The van der Waals surface area contributed by atoms with Gasteiger partial charge < -0.3 is 8.83 Å². The Morgan fingerprint density at radius 3 is 2.04 bits per heavy atom. The van der Waals surface area contributed by atoms with E-state index in [0.29, 0.717) is 5.89 Å². The molecular formula is C47H25NO2. The van der Waals surface area contributed by atoms with Crippen LogP contribution in [0.2, 0.25) is 0 Å². The van der Waals surface area contributed by atoms with E-state index >= 15 is 0 Å². The van der Waals surface area contributed by atoms with Gasteiger partial charge in [-0.05, 0) is 102 Å². The van der Waals surface area contributed by atoms with E-state index < -0.39 is 0 Å². The lowest BCUT2D eigenvalue weighted by Gasteiger charge is -2.11. The molecule has 3 nitrogen and oxygen atoms in total. The fourth-order valence-electron chi connectivity index (χ4n) is 8.52. The largest absolute Gasteiger partial charge is 0.455 e. The van der Waals surface area contributed by atoms with Crippen LogP contribution in [0.4, 0.5) is 0 Å². The molecule has 0 saturated heterocycles. The predicted octanol–water partition coefficient (Wildman–Crippen LogP) is 13.3. The number of oxazole rings is 1. The summed E-state index contributed by atoms with van der Waals surface area (Å²) in [6, 6.07) is 54.3. The van der Waals surface area contributed by atoms with E-state index in [2.05, 4.69) is 140 Å². The van der Waals surface area contributed by atoms with Crippen LogP contribution in [0.3, 0.4) is 0 Å². The van der Waals surface area contributed by atoms with Gasteiger partial charge in [0.15, 0.2) is 5.58 Å². The summed E-state index contributed by atoms with van der Waals surface area (Å²) in [5.41, 5.74) is 11.9. The molecule has 0 bridgehead atoms. The number of hydrogen-bond donors (Lipinski definition) is 0. The van der Waals surface area contributed by atoms with Crippen molar-refractivity contribution >= 4 is 76.1 Å². The molecule has 3 heteroatoms. The fourth-order valence-corrected chi connectivity index (χ4v) is 8.52. The lowest BCUT2D eigenvalue weighted by Crippen LogP contribution is -1.85. The Balaban J connectivity index is 0.976. The average molecular weight is 636 g/mol. The van der Waals surface area contributed by atoms with Gasteiger partial charge in [-0.25, -0.2) is 4.98 Å². The molecule has 2 heterocycles. The van der Waals surface area contributed by atoms with E-state index in [0.717, 1.165) is 54.8 Å². The van der Waals surface area contributed by atoms with Gasteiger partial charge in [-0.2, -0.15) is 0 Å².